The first-order valence-corrected chi connectivity index (χ1v) is 4.22. The van der Waals surface area contributed by atoms with Crippen LogP contribution in [-0.4, -0.2) is 5.11 Å². The minimum absolute atomic E-state index is 0.612. The second kappa shape index (κ2) is 3.65. The van der Waals surface area contributed by atoms with Crippen LogP contribution in [0.15, 0.2) is 11.8 Å². The number of rotatable bonds is 3. The van der Waals surface area contributed by atoms with Crippen molar-refractivity contribution >= 4 is 0 Å². The van der Waals surface area contributed by atoms with Crippen LogP contribution in [0.2, 0.25) is 0 Å². The summed E-state index contributed by atoms with van der Waals surface area (Å²) < 4.78 is 0. The number of allylic oxidation sites excluding steroid dienone is 2. The Morgan fingerprint density at radius 3 is 3.00 bits per heavy atom. The van der Waals surface area contributed by atoms with E-state index in [1.165, 1.54) is 25.7 Å². The van der Waals surface area contributed by atoms with Crippen molar-refractivity contribution < 1.29 is 5.11 Å². The first-order valence-electron chi connectivity index (χ1n) is 4.22. The van der Waals surface area contributed by atoms with Gasteiger partial charge in [-0.2, -0.15) is 0 Å². The van der Waals surface area contributed by atoms with Gasteiger partial charge in [0, 0.05) is 6.42 Å². The smallest absolute Gasteiger partial charge is 0.0885 e. The van der Waals surface area contributed by atoms with Gasteiger partial charge in [0.1, 0.15) is 0 Å². The van der Waals surface area contributed by atoms with Crippen LogP contribution in [0, 0.1) is 5.92 Å². The third-order valence-corrected chi connectivity index (χ3v) is 2.13. The van der Waals surface area contributed by atoms with Crippen molar-refractivity contribution in [3.05, 3.63) is 11.8 Å². The minimum atomic E-state index is 0.612. The molecule has 1 atom stereocenters. The van der Waals surface area contributed by atoms with E-state index >= 15 is 0 Å². The normalized spacial score (nSPS) is 24.9. The molecule has 10 heavy (non-hydrogen) atoms. The maximum atomic E-state index is 9.06. The molecular formula is C9H16O. The Morgan fingerprint density at radius 2 is 2.50 bits per heavy atom. The van der Waals surface area contributed by atoms with Gasteiger partial charge >= 0.3 is 0 Å². The fourth-order valence-corrected chi connectivity index (χ4v) is 1.47. The molecule has 0 bridgehead atoms. The summed E-state index contributed by atoms with van der Waals surface area (Å²) in [4.78, 5) is 0. The zero-order valence-electron chi connectivity index (χ0n) is 6.64. The fourth-order valence-electron chi connectivity index (χ4n) is 1.47. The molecule has 0 fully saturated rings. The number of aliphatic hydroxyl groups is 1. The Bertz CT molecular complexity index is 127. The van der Waals surface area contributed by atoms with Crippen molar-refractivity contribution in [1.82, 2.24) is 0 Å². The van der Waals surface area contributed by atoms with E-state index in [0.717, 1.165) is 6.42 Å². The van der Waals surface area contributed by atoms with Gasteiger partial charge in [-0.1, -0.05) is 19.8 Å². The molecule has 0 saturated carbocycles. The molecule has 0 spiro atoms. The molecule has 0 amide bonds. The molecule has 1 heteroatoms. The molecule has 0 aromatic heterocycles. The third-order valence-electron chi connectivity index (χ3n) is 2.13. The molecule has 58 valence electrons. The summed E-state index contributed by atoms with van der Waals surface area (Å²) in [6.45, 7) is 2.21. The van der Waals surface area contributed by atoms with Crippen LogP contribution in [-0.2, 0) is 0 Å². The van der Waals surface area contributed by atoms with E-state index in [0.29, 0.717) is 11.7 Å². The van der Waals surface area contributed by atoms with E-state index in [9.17, 15) is 0 Å². The van der Waals surface area contributed by atoms with Gasteiger partial charge in [0.2, 0.25) is 0 Å². The molecule has 1 N–H and O–H groups in total. The lowest BCUT2D eigenvalue weighted by Crippen LogP contribution is -1.89. The molecule has 0 aromatic carbocycles. The fraction of sp³-hybridized carbons (Fsp3) is 0.778. The molecule has 1 nitrogen and oxygen atoms in total. The van der Waals surface area contributed by atoms with Crippen LogP contribution in [0.25, 0.3) is 0 Å². The maximum Gasteiger partial charge on any atom is 0.0885 e. The highest BCUT2D eigenvalue weighted by Gasteiger charge is 2.13. The summed E-state index contributed by atoms with van der Waals surface area (Å²) >= 11 is 0. The second-order valence-electron chi connectivity index (χ2n) is 3.10. The Labute approximate surface area is 62.8 Å². The number of unbranched alkanes of at least 4 members (excludes halogenated alkanes) is 1. The Kier molecular flexibility index (Phi) is 2.79. The molecule has 1 unspecified atom stereocenters. The van der Waals surface area contributed by atoms with Gasteiger partial charge in [0.15, 0.2) is 0 Å². The topological polar surface area (TPSA) is 20.2 Å². The van der Waals surface area contributed by atoms with Gasteiger partial charge in [-0.15, -0.1) is 0 Å². The van der Waals surface area contributed by atoms with Gasteiger partial charge in [0.25, 0.3) is 0 Å². The molecule has 1 aliphatic carbocycles. The van der Waals surface area contributed by atoms with Crippen molar-refractivity contribution in [3.8, 4) is 0 Å². The van der Waals surface area contributed by atoms with E-state index < -0.39 is 0 Å². The maximum absolute atomic E-state index is 9.06. The van der Waals surface area contributed by atoms with Gasteiger partial charge in [-0.3, -0.25) is 0 Å². The van der Waals surface area contributed by atoms with E-state index in [-0.39, 0.29) is 0 Å². The van der Waals surface area contributed by atoms with Crippen LogP contribution in [0.3, 0.4) is 0 Å². The van der Waals surface area contributed by atoms with E-state index in [4.69, 9.17) is 5.11 Å². The summed E-state index contributed by atoms with van der Waals surface area (Å²) in [5, 5.41) is 9.06. The predicted molar refractivity (Wildman–Crippen MR) is 43.0 cm³/mol. The number of aliphatic hydroxyl groups excluding tert-OH is 1. The summed E-state index contributed by atoms with van der Waals surface area (Å²) in [7, 11) is 0. The molecule has 0 radical (unpaired) electrons. The van der Waals surface area contributed by atoms with Crippen LogP contribution in [0.4, 0.5) is 0 Å². The van der Waals surface area contributed by atoms with Gasteiger partial charge in [-0.25, -0.2) is 0 Å². The molecule has 0 aromatic rings. The molecular weight excluding hydrogens is 124 g/mol. The van der Waals surface area contributed by atoms with Crippen LogP contribution >= 0.6 is 0 Å². The summed E-state index contributed by atoms with van der Waals surface area (Å²) in [5.41, 5.74) is 0. The highest BCUT2D eigenvalue weighted by molar-refractivity contribution is 5.02. The minimum Gasteiger partial charge on any atom is -0.513 e. The third kappa shape index (κ3) is 2.05. The Hall–Kier alpha value is -0.460. The molecule has 0 heterocycles. The predicted octanol–water partition coefficient (Wildman–Crippen LogP) is 3.03. The number of hydrogen-bond acceptors (Lipinski definition) is 1. The zero-order valence-corrected chi connectivity index (χ0v) is 6.64. The molecule has 0 aliphatic heterocycles. The SMILES string of the molecule is CCCCC1C=C(O)CC1. The summed E-state index contributed by atoms with van der Waals surface area (Å²) in [6.07, 6.45) is 7.94. The Balaban J connectivity index is 2.18. The Morgan fingerprint density at radius 1 is 1.70 bits per heavy atom. The van der Waals surface area contributed by atoms with Crippen LogP contribution in [0.1, 0.15) is 39.0 Å². The van der Waals surface area contributed by atoms with Crippen molar-refractivity contribution in [2.24, 2.45) is 5.92 Å². The average molecular weight is 140 g/mol. The molecule has 1 aliphatic rings. The first kappa shape index (κ1) is 7.64. The van der Waals surface area contributed by atoms with Crippen LogP contribution in [0.5, 0.6) is 0 Å². The second-order valence-corrected chi connectivity index (χ2v) is 3.10. The first-order chi connectivity index (χ1) is 4.83. The lowest BCUT2D eigenvalue weighted by Gasteiger charge is -2.02. The van der Waals surface area contributed by atoms with E-state index in [1.54, 1.807) is 0 Å². The summed E-state index contributed by atoms with van der Waals surface area (Å²) in [5.74, 6) is 1.29. The lowest BCUT2D eigenvalue weighted by atomic mass is 10.0. The van der Waals surface area contributed by atoms with Crippen LogP contribution < -0.4 is 0 Å². The van der Waals surface area contributed by atoms with Crippen molar-refractivity contribution in [3.63, 3.8) is 0 Å². The monoisotopic (exact) mass is 140 g/mol. The number of hydrogen-bond donors (Lipinski definition) is 1. The van der Waals surface area contributed by atoms with Gasteiger partial charge in [-0.05, 0) is 24.8 Å². The summed E-state index contributed by atoms with van der Waals surface area (Å²) in [6, 6.07) is 0. The molecule has 1 rings (SSSR count). The van der Waals surface area contributed by atoms with Gasteiger partial charge in [0.05, 0.1) is 5.76 Å². The highest BCUT2D eigenvalue weighted by atomic mass is 16.3. The zero-order chi connectivity index (χ0) is 7.40. The highest BCUT2D eigenvalue weighted by Crippen LogP contribution is 2.26. The van der Waals surface area contributed by atoms with E-state index in [1.807, 2.05) is 6.08 Å². The van der Waals surface area contributed by atoms with Crippen molar-refractivity contribution in [1.29, 1.82) is 0 Å². The van der Waals surface area contributed by atoms with E-state index in [2.05, 4.69) is 6.92 Å². The van der Waals surface area contributed by atoms with Gasteiger partial charge < -0.3 is 5.11 Å². The largest absolute Gasteiger partial charge is 0.513 e. The standard InChI is InChI=1S/C9H16O/c1-2-3-4-8-5-6-9(10)7-8/h7-8,10H,2-6H2,1H3. The van der Waals surface area contributed by atoms with Crippen molar-refractivity contribution in [2.75, 3.05) is 0 Å². The quantitative estimate of drug-likeness (QED) is 0.638. The van der Waals surface area contributed by atoms with Crippen molar-refractivity contribution in [2.45, 2.75) is 39.0 Å². The molecule has 0 saturated heterocycles. The lowest BCUT2D eigenvalue weighted by molar-refractivity contribution is 0.396. The average Bonchev–Trinajstić information content (AvgIpc) is 2.31.